The minimum absolute atomic E-state index is 0.0928. The fourth-order valence-corrected chi connectivity index (χ4v) is 1.62. The average molecular weight is 302 g/mol. The van der Waals surface area contributed by atoms with E-state index >= 15 is 0 Å². The number of nitrogens with one attached hydrogen (secondary N) is 2. The lowest BCUT2D eigenvalue weighted by Crippen LogP contribution is -2.33. The molecule has 0 aliphatic rings. The van der Waals surface area contributed by atoms with Crippen molar-refractivity contribution in [3.05, 3.63) is 0 Å². The van der Waals surface area contributed by atoms with Gasteiger partial charge in [-0.25, -0.2) is 0 Å². The maximum atomic E-state index is 11.4. The number of carbonyl (C=O) groups excluding carboxylic acids is 1. The molecule has 2 N–H and O–H groups in total. The number of hydrogen-bond acceptors (Lipinski definition) is 4. The highest BCUT2D eigenvalue weighted by Gasteiger charge is 2.05. The molecule has 0 bridgehead atoms. The monoisotopic (exact) mass is 302 g/mol. The van der Waals surface area contributed by atoms with Gasteiger partial charge in [-0.2, -0.15) is 0 Å². The van der Waals surface area contributed by atoms with E-state index in [1.54, 1.807) is 0 Å². The quantitative estimate of drug-likeness (QED) is 0.510. The van der Waals surface area contributed by atoms with E-state index < -0.39 is 0 Å². The Morgan fingerprint density at radius 1 is 0.905 bits per heavy atom. The Balaban J connectivity index is 3.21. The summed E-state index contributed by atoms with van der Waals surface area (Å²) in [6, 6.07) is 0.513. The summed E-state index contributed by atoms with van der Waals surface area (Å²) in [6.07, 6.45) is 0.574. The van der Waals surface area contributed by atoms with Gasteiger partial charge in [0.1, 0.15) is 0 Å². The van der Waals surface area contributed by atoms with Crippen LogP contribution in [0, 0.1) is 11.8 Å². The van der Waals surface area contributed by atoms with Crippen molar-refractivity contribution >= 4 is 5.91 Å². The summed E-state index contributed by atoms with van der Waals surface area (Å²) in [4.78, 5) is 11.4. The molecule has 5 nitrogen and oxygen atoms in total. The molecule has 5 heteroatoms. The summed E-state index contributed by atoms with van der Waals surface area (Å²) in [5.41, 5.74) is 0. The fourth-order valence-electron chi connectivity index (χ4n) is 1.62. The lowest BCUT2D eigenvalue weighted by molar-refractivity contribution is -0.122. The molecule has 0 saturated carbocycles. The van der Waals surface area contributed by atoms with Gasteiger partial charge in [0.05, 0.1) is 26.4 Å². The van der Waals surface area contributed by atoms with Gasteiger partial charge in [0.15, 0.2) is 0 Å². The molecule has 1 amide bonds. The van der Waals surface area contributed by atoms with Crippen LogP contribution in [0.2, 0.25) is 0 Å². The Hall–Kier alpha value is -0.650. The minimum atomic E-state index is 0.0928. The molecule has 0 aromatic heterocycles. The Morgan fingerprint density at radius 2 is 1.48 bits per heavy atom. The second-order valence-electron chi connectivity index (χ2n) is 6.16. The lowest BCUT2D eigenvalue weighted by atomic mass is 10.1. The Labute approximate surface area is 130 Å². The van der Waals surface area contributed by atoms with Crippen LogP contribution in [0.1, 0.15) is 41.0 Å². The maximum Gasteiger partial charge on any atom is 0.220 e. The minimum Gasteiger partial charge on any atom is -0.378 e. The summed E-state index contributed by atoms with van der Waals surface area (Å²) >= 11 is 0. The number of ether oxygens (including phenoxy) is 2. The van der Waals surface area contributed by atoms with E-state index in [-0.39, 0.29) is 5.91 Å². The van der Waals surface area contributed by atoms with Crippen molar-refractivity contribution in [2.45, 2.75) is 47.1 Å². The number of carbonyl (C=O) groups is 1. The van der Waals surface area contributed by atoms with Gasteiger partial charge in [0, 0.05) is 25.6 Å². The number of amides is 1. The van der Waals surface area contributed by atoms with Crippen LogP contribution in [0.15, 0.2) is 0 Å². The van der Waals surface area contributed by atoms with Gasteiger partial charge in [-0.1, -0.05) is 27.7 Å². The van der Waals surface area contributed by atoms with Crippen LogP contribution < -0.4 is 10.6 Å². The van der Waals surface area contributed by atoms with Crippen LogP contribution in [0.4, 0.5) is 0 Å². The molecular formula is C16H34N2O3. The molecule has 1 atom stereocenters. The fraction of sp³-hybridized carbons (Fsp3) is 0.938. The largest absolute Gasteiger partial charge is 0.378 e. The normalized spacial score (nSPS) is 12.9. The summed E-state index contributed by atoms with van der Waals surface area (Å²) in [7, 11) is 0. The molecule has 0 aliphatic heterocycles. The Bertz CT molecular complexity index is 258. The first-order valence-electron chi connectivity index (χ1n) is 8.09. The SMILES string of the molecule is CC(C)CC(=O)NCCOCCOCCNC(C)C(C)C. The zero-order chi connectivity index (χ0) is 16.1. The predicted molar refractivity (Wildman–Crippen MR) is 86.4 cm³/mol. The zero-order valence-electron chi connectivity index (χ0n) is 14.4. The van der Waals surface area contributed by atoms with Crippen LogP contribution in [-0.4, -0.2) is 51.5 Å². The second kappa shape index (κ2) is 13.0. The third kappa shape index (κ3) is 14.1. The topological polar surface area (TPSA) is 59.6 Å². The molecule has 0 radical (unpaired) electrons. The van der Waals surface area contributed by atoms with E-state index in [4.69, 9.17) is 9.47 Å². The molecule has 21 heavy (non-hydrogen) atoms. The highest BCUT2D eigenvalue weighted by molar-refractivity contribution is 5.75. The van der Waals surface area contributed by atoms with E-state index in [0.717, 1.165) is 6.54 Å². The van der Waals surface area contributed by atoms with Crippen molar-refractivity contribution in [3.63, 3.8) is 0 Å². The molecule has 0 aliphatic carbocycles. The van der Waals surface area contributed by atoms with E-state index in [2.05, 4.69) is 31.4 Å². The third-order valence-electron chi connectivity index (χ3n) is 3.25. The van der Waals surface area contributed by atoms with Gasteiger partial charge in [-0.3, -0.25) is 4.79 Å². The third-order valence-corrected chi connectivity index (χ3v) is 3.25. The number of hydrogen-bond donors (Lipinski definition) is 2. The first kappa shape index (κ1) is 20.3. The standard InChI is InChI=1S/C16H34N2O3/c1-13(2)12-16(19)18-7-9-21-11-10-20-8-6-17-15(5)14(3)4/h13-15,17H,6-12H2,1-5H3,(H,18,19). The Kier molecular flexibility index (Phi) is 12.6. The lowest BCUT2D eigenvalue weighted by Gasteiger charge is -2.17. The van der Waals surface area contributed by atoms with Crippen LogP contribution in [-0.2, 0) is 14.3 Å². The van der Waals surface area contributed by atoms with Gasteiger partial charge in [-0.05, 0) is 18.8 Å². The molecule has 0 spiro atoms. The van der Waals surface area contributed by atoms with E-state index in [1.165, 1.54) is 0 Å². The molecule has 0 rings (SSSR count). The van der Waals surface area contributed by atoms with Crippen molar-refractivity contribution in [1.82, 2.24) is 10.6 Å². The van der Waals surface area contributed by atoms with Gasteiger partial charge in [0.25, 0.3) is 0 Å². The predicted octanol–water partition coefficient (Wildman–Crippen LogP) is 1.82. The summed E-state index contributed by atoms with van der Waals surface area (Å²) < 4.78 is 10.9. The van der Waals surface area contributed by atoms with Gasteiger partial charge >= 0.3 is 0 Å². The van der Waals surface area contributed by atoms with Crippen LogP contribution in [0.5, 0.6) is 0 Å². The maximum absolute atomic E-state index is 11.4. The van der Waals surface area contributed by atoms with Gasteiger partial charge < -0.3 is 20.1 Å². The molecule has 1 unspecified atom stereocenters. The van der Waals surface area contributed by atoms with Gasteiger partial charge in [0.2, 0.25) is 5.91 Å². The van der Waals surface area contributed by atoms with Crippen LogP contribution in [0.3, 0.4) is 0 Å². The highest BCUT2D eigenvalue weighted by Crippen LogP contribution is 1.98. The Morgan fingerprint density at radius 3 is 2.00 bits per heavy atom. The smallest absolute Gasteiger partial charge is 0.220 e. The zero-order valence-corrected chi connectivity index (χ0v) is 14.4. The molecular weight excluding hydrogens is 268 g/mol. The summed E-state index contributed by atoms with van der Waals surface area (Å²) in [6.45, 7) is 14.5. The summed E-state index contributed by atoms with van der Waals surface area (Å²) in [5.74, 6) is 1.13. The van der Waals surface area contributed by atoms with Crippen molar-refractivity contribution in [1.29, 1.82) is 0 Å². The molecule has 0 aromatic carbocycles. The molecule has 126 valence electrons. The van der Waals surface area contributed by atoms with Crippen molar-refractivity contribution in [2.75, 3.05) is 39.5 Å². The van der Waals surface area contributed by atoms with Gasteiger partial charge in [-0.15, -0.1) is 0 Å². The van der Waals surface area contributed by atoms with E-state index in [1.807, 2.05) is 13.8 Å². The molecule has 0 heterocycles. The average Bonchev–Trinajstić information content (AvgIpc) is 2.39. The van der Waals surface area contributed by atoms with Crippen LogP contribution in [0.25, 0.3) is 0 Å². The van der Waals surface area contributed by atoms with Crippen molar-refractivity contribution in [2.24, 2.45) is 11.8 Å². The molecule has 0 fully saturated rings. The van der Waals surface area contributed by atoms with Crippen molar-refractivity contribution in [3.8, 4) is 0 Å². The highest BCUT2D eigenvalue weighted by atomic mass is 16.5. The van der Waals surface area contributed by atoms with Crippen molar-refractivity contribution < 1.29 is 14.3 Å². The summed E-state index contributed by atoms with van der Waals surface area (Å²) in [5, 5.41) is 6.24. The molecule has 0 saturated heterocycles. The van der Waals surface area contributed by atoms with E-state index in [9.17, 15) is 4.79 Å². The van der Waals surface area contributed by atoms with Crippen LogP contribution >= 0.6 is 0 Å². The second-order valence-corrected chi connectivity index (χ2v) is 6.16. The first-order valence-corrected chi connectivity index (χ1v) is 8.09. The number of rotatable bonds is 13. The molecule has 0 aromatic rings. The van der Waals surface area contributed by atoms with E-state index in [0.29, 0.717) is 57.3 Å². The first-order chi connectivity index (χ1) is 9.93.